The predicted octanol–water partition coefficient (Wildman–Crippen LogP) is 1.89. The maximum Gasteiger partial charge on any atom is 0.158 e. The fourth-order valence-corrected chi connectivity index (χ4v) is 0.703. The van der Waals surface area contributed by atoms with E-state index in [1.807, 2.05) is 0 Å². The third kappa shape index (κ3) is 3.71. The Morgan fingerprint density at radius 2 is 1.73 bits per heavy atom. The number of ketones is 2. The summed E-state index contributed by atoms with van der Waals surface area (Å²) in [5.74, 6) is 0.0658. The van der Waals surface area contributed by atoms with Crippen molar-refractivity contribution in [2.75, 3.05) is 0 Å². The molecule has 0 rings (SSSR count). The fraction of sp³-hybridized carbons (Fsp3) is 0.556. The highest BCUT2D eigenvalue weighted by atomic mass is 16.1. The van der Waals surface area contributed by atoms with Gasteiger partial charge in [0.2, 0.25) is 0 Å². The molecule has 2 heteroatoms. The van der Waals surface area contributed by atoms with Crippen LogP contribution in [0.15, 0.2) is 11.6 Å². The molecular weight excluding hydrogens is 140 g/mol. The van der Waals surface area contributed by atoms with Crippen LogP contribution in [0.25, 0.3) is 0 Å². The van der Waals surface area contributed by atoms with Crippen molar-refractivity contribution in [1.82, 2.24) is 0 Å². The second-order valence-corrected chi connectivity index (χ2v) is 2.42. The van der Waals surface area contributed by atoms with Gasteiger partial charge in [-0.1, -0.05) is 13.8 Å². The van der Waals surface area contributed by atoms with E-state index in [4.69, 9.17) is 0 Å². The quantitative estimate of drug-likeness (QED) is 0.579. The molecule has 0 saturated carbocycles. The first-order valence-electron chi connectivity index (χ1n) is 3.86. The average molecular weight is 154 g/mol. The van der Waals surface area contributed by atoms with Gasteiger partial charge in [-0.2, -0.15) is 0 Å². The number of rotatable bonds is 4. The predicted molar refractivity (Wildman–Crippen MR) is 44.4 cm³/mol. The summed E-state index contributed by atoms with van der Waals surface area (Å²) >= 11 is 0. The first-order valence-corrected chi connectivity index (χ1v) is 3.86. The topological polar surface area (TPSA) is 34.1 Å². The minimum Gasteiger partial charge on any atom is -0.295 e. The summed E-state index contributed by atoms with van der Waals surface area (Å²) < 4.78 is 0. The molecule has 0 N–H and O–H groups in total. The lowest BCUT2D eigenvalue weighted by atomic mass is 10.1. The Hall–Kier alpha value is -0.920. The van der Waals surface area contributed by atoms with Crippen molar-refractivity contribution in [3.63, 3.8) is 0 Å². The van der Waals surface area contributed by atoms with Gasteiger partial charge in [-0.15, -0.1) is 0 Å². The molecule has 62 valence electrons. The summed E-state index contributed by atoms with van der Waals surface area (Å²) in [6.07, 6.45) is 2.36. The molecule has 0 aliphatic rings. The van der Waals surface area contributed by atoms with Crippen LogP contribution >= 0.6 is 0 Å². The molecule has 0 spiro atoms. The van der Waals surface area contributed by atoms with E-state index in [9.17, 15) is 9.59 Å². The minimum atomic E-state index is 0.0179. The summed E-state index contributed by atoms with van der Waals surface area (Å²) in [4.78, 5) is 21.8. The third-order valence-electron chi connectivity index (χ3n) is 1.49. The van der Waals surface area contributed by atoms with E-state index in [1.165, 1.54) is 6.08 Å². The van der Waals surface area contributed by atoms with Crippen LogP contribution in [0.5, 0.6) is 0 Å². The highest BCUT2D eigenvalue weighted by Gasteiger charge is 2.02. The van der Waals surface area contributed by atoms with Gasteiger partial charge in [0.15, 0.2) is 11.6 Å². The molecule has 0 atom stereocenters. The molecule has 0 aliphatic carbocycles. The summed E-state index contributed by atoms with van der Waals surface area (Å²) in [7, 11) is 0. The SMILES string of the molecule is CCC(=O)/C=C(/C)C(=O)CC. The molecule has 0 radical (unpaired) electrons. The summed E-state index contributed by atoms with van der Waals surface area (Å²) in [6, 6.07) is 0. The van der Waals surface area contributed by atoms with Crippen molar-refractivity contribution >= 4 is 11.6 Å². The van der Waals surface area contributed by atoms with Gasteiger partial charge in [-0.3, -0.25) is 9.59 Å². The first-order chi connectivity index (χ1) is 5.11. The van der Waals surface area contributed by atoms with Crippen molar-refractivity contribution in [2.45, 2.75) is 33.6 Å². The molecule has 0 fully saturated rings. The van der Waals surface area contributed by atoms with Gasteiger partial charge in [0.1, 0.15) is 0 Å². The number of allylic oxidation sites excluding steroid dienone is 2. The molecule has 0 bridgehead atoms. The van der Waals surface area contributed by atoms with E-state index in [2.05, 4.69) is 0 Å². The molecule has 0 amide bonds. The Balaban J connectivity index is 4.21. The Labute approximate surface area is 67.3 Å². The lowest BCUT2D eigenvalue weighted by Crippen LogP contribution is -2.00. The molecular formula is C9H14O2. The molecule has 0 aromatic rings. The van der Waals surface area contributed by atoms with Crippen LogP contribution in [-0.2, 0) is 9.59 Å². The van der Waals surface area contributed by atoms with Gasteiger partial charge in [-0.05, 0) is 18.6 Å². The molecule has 0 saturated heterocycles. The fourth-order valence-electron chi connectivity index (χ4n) is 0.703. The van der Waals surface area contributed by atoms with Crippen molar-refractivity contribution in [2.24, 2.45) is 0 Å². The van der Waals surface area contributed by atoms with E-state index in [1.54, 1.807) is 20.8 Å². The van der Waals surface area contributed by atoms with Gasteiger partial charge in [-0.25, -0.2) is 0 Å². The zero-order valence-corrected chi connectivity index (χ0v) is 7.31. The van der Waals surface area contributed by atoms with E-state index in [-0.39, 0.29) is 11.6 Å². The third-order valence-corrected chi connectivity index (χ3v) is 1.49. The molecule has 0 aromatic heterocycles. The maximum absolute atomic E-state index is 10.9. The Morgan fingerprint density at radius 3 is 2.09 bits per heavy atom. The van der Waals surface area contributed by atoms with E-state index in [0.717, 1.165) is 0 Å². The molecule has 0 heterocycles. The van der Waals surface area contributed by atoms with Crippen LogP contribution in [0, 0.1) is 0 Å². The molecule has 0 aliphatic heterocycles. The van der Waals surface area contributed by atoms with E-state index >= 15 is 0 Å². The zero-order valence-electron chi connectivity index (χ0n) is 7.31. The summed E-state index contributed by atoms with van der Waals surface area (Å²) in [6.45, 7) is 5.25. The van der Waals surface area contributed by atoms with Crippen molar-refractivity contribution < 1.29 is 9.59 Å². The number of hydrogen-bond donors (Lipinski definition) is 0. The van der Waals surface area contributed by atoms with Crippen LogP contribution in [-0.4, -0.2) is 11.6 Å². The number of carbonyl (C=O) groups excluding carboxylic acids is 2. The minimum absolute atomic E-state index is 0.0179. The second kappa shape index (κ2) is 4.83. The summed E-state index contributed by atoms with van der Waals surface area (Å²) in [5, 5.41) is 0. The van der Waals surface area contributed by atoms with Gasteiger partial charge in [0.05, 0.1) is 0 Å². The molecule has 2 nitrogen and oxygen atoms in total. The lowest BCUT2D eigenvalue weighted by molar-refractivity contribution is -0.117. The Bertz CT molecular complexity index is 190. The number of carbonyl (C=O) groups is 2. The highest BCUT2D eigenvalue weighted by molar-refractivity contribution is 6.02. The zero-order chi connectivity index (χ0) is 8.85. The Morgan fingerprint density at radius 1 is 1.18 bits per heavy atom. The molecule has 0 unspecified atom stereocenters. The largest absolute Gasteiger partial charge is 0.295 e. The highest BCUT2D eigenvalue weighted by Crippen LogP contribution is 1.99. The lowest BCUT2D eigenvalue weighted by Gasteiger charge is -1.94. The molecule has 11 heavy (non-hydrogen) atoms. The Kier molecular flexibility index (Phi) is 4.42. The number of Topliss-reactive ketones (excluding diaryl/α,β-unsaturated/α-hetero) is 1. The average Bonchev–Trinajstić information content (AvgIpc) is 2.02. The van der Waals surface area contributed by atoms with Crippen molar-refractivity contribution in [3.8, 4) is 0 Å². The van der Waals surface area contributed by atoms with Crippen LogP contribution in [0.2, 0.25) is 0 Å². The van der Waals surface area contributed by atoms with E-state index < -0.39 is 0 Å². The smallest absolute Gasteiger partial charge is 0.158 e. The standard InChI is InChI=1S/C9H14O2/c1-4-8(10)6-7(3)9(11)5-2/h6H,4-5H2,1-3H3/b7-6-. The number of hydrogen-bond acceptors (Lipinski definition) is 2. The molecule has 0 aromatic carbocycles. The van der Waals surface area contributed by atoms with Crippen LogP contribution in [0.3, 0.4) is 0 Å². The van der Waals surface area contributed by atoms with Gasteiger partial charge >= 0.3 is 0 Å². The first kappa shape index (κ1) is 10.1. The van der Waals surface area contributed by atoms with E-state index in [0.29, 0.717) is 18.4 Å². The maximum atomic E-state index is 10.9. The monoisotopic (exact) mass is 154 g/mol. The van der Waals surface area contributed by atoms with Crippen LogP contribution in [0.4, 0.5) is 0 Å². The summed E-state index contributed by atoms with van der Waals surface area (Å²) in [5.41, 5.74) is 0.569. The van der Waals surface area contributed by atoms with Gasteiger partial charge in [0, 0.05) is 12.8 Å². The van der Waals surface area contributed by atoms with Crippen LogP contribution < -0.4 is 0 Å². The second-order valence-electron chi connectivity index (χ2n) is 2.42. The van der Waals surface area contributed by atoms with Gasteiger partial charge in [0.25, 0.3) is 0 Å². The normalized spacial score (nSPS) is 11.4. The van der Waals surface area contributed by atoms with Crippen molar-refractivity contribution in [1.29, 1.82) is 0 Å². The van der Waals surface area contributed by atoms with Gasteiger partial charge < -0.3 is 0 Å². The van der Waals surface area contributed by atoms with Crippen LogP contribution in [0.1, 0.15) is 33.6 Å². The van der Waals surface area contributed by atoms with Crippen molar-refractivity contribution in [3.05, 3.63) is 11.6 Å².